The summed E-state index contributed by atoms with van der Waals surface area (Å²) in [4.78, 5) is 4.05. The molecule has 2 aromatic rings. The molecule has 0 atom stereocenters. The first-order valence-electron chi connectivity index (χ1n) is 4.54. The van der Waals surface area contributed by atoms with Gasteiger partial charge in [-0.3, -0.25) is 0 Å². The number of aromatic hydroxyl groups is 2. The summed E-state index contributed by atoms with van der Waals surface area (Å²) in [5, 5.41) is 23.8. The topological polar surface area (TPSA) is 64.8 Å². The molecule has 0 saturated heterocycles. The van der Waals surface area contributed by atoms with E-state index in [0.29, 0.717) is 11.4 Å². The van der Waals surface area contributed by atoms with Crippen molar-refractivity contribution >= 4 is 40.9 Å². The molecule has 3 rings (SSSR count). The van der Waals surface area contributed by atoms with Gasteiger partial charge < -0.3 is 15.5 Å². The molecular weight excluding hydrogens is 228 g/mol. The molecule has 16 heavy (non-hydrogen) atoms. The molecule has 0 unspecified atom stereocenters. The molecule has 82 valence electrons. The summed E-state index contributed by atoms with van der Waals surface area (Å²) in [6.45, 7) is 0. The average Bonchev–Trinajstić information content (AvgIpc) is 2.27. The van der Waals surface area contributed by atoms with Crippen LogP contribution >= 0.6 is 12.4 Å². The minimum atomic E-state index is 0. The maximum absolute atomic E-state index is 9.65. The zero-order valence-corrected chi connectivity index (χ0v) is 8.95. The number of halogens is 1. The lowest BCUT2D eigenvalue weighted by Crippen LogP contribution is -2.00. The van der Waals surface area contributed by atoms with Gasteiger partial charge in [0.2, 0.25) is 0 Å². The van der Waals surface area contributed by atoms with Crippen LogP contribution in [0.4, 0.5) is 11.4 Å². The lowest BCUT2D eigenvalue weighted by atomic mass is 10.0. The fourth-order valence-electron chi connectivity index (χ4n) is 1.82. The number of nitrogens with zero attached hydrogens (tertiary/aromatic N) is 1. The van der Waals surface area contributed by atoms with Gasteiger partial charge in [0.1, 0.15) is 17.2 Å². The Labute approximate surface area is 97.7 Å². The third-order valence-corrected chi connectivity index (χ3v) is 2.52. The molecule has 1 aliphatic heterocycles. The van der Waals surface area contributed by atoms with Crippen LogP contribution < -0.4 is 5.32 Å². The smallest absolute Gasteiger partial charge is 0.141 e. The zero-order chi connectivity index (χ0) is 10.4. The number of hydrogen-bond donors (Lipinski definition) is 3. The van der Waals surface area contributed by atoms with Crippen LogP contribution in [-0.4, -0.2) is 16.6 Å². The number of anilines is 1. The van der Waals surface area contributed by atoms with E-state index in [2.05, 4.69) is 10.3 Å². The fraction of sp³-hybridized carbons (Fsp3) is 0. The van der Waals surface area contributed by atoms with E-state index in [0.717, 1.165) is 10.8 Å². The summed E-state index contributed by atoms with van der Waals surface area (Å²) in [6.07, 6.45) is 1.45. The van der Waals surface area contributed by atoms with E-state index in [-0.39, 0.29) is 23.9 Å². The molecule has 1 heterocycles. The van der Waals surface area contributed by atoms with Gasteiger partial charge in [0, 0.05) is 5.39 Å². The number of benzene rings is 2. The largest absolute Gasteiger partial charge is 0.506 e. The van der Waals surface area contributed by atoms with Gasteiger partial charge in [-0.25, -0.2) is 4.99 Å². The van der Waals surface area contributed by atoms with Gasteiger partial charge in [-0.05, 0) is 17.5 Å². The Balaban J connectivity index is 0.000000963. The van der Waals surface area contributed by atoms with Gasteiger partial charge in [-0.15, -0.1) is 12.4 Å². The minimum Gasteiger partial charge on any atom is -0.506 e. The van der Waals surface area contributed by atoms with E-state index in [1.54, 1.807) is 24.3 Å². The normalized spacial score (nSPS) is 12.0. The van der Waals surface area contributed by atoms with Crippen molar-refractivity contribution in [2.45, 2.75) is 0 Å². The van der Waals surface area contributed by atoms with Crippen molar-refractivity contribution in [3.05, 3.63) is 24.3 Å². The van der Waals surface area contributed by atoms with Gasteiger partial charge in [-0.1, -0.05) is 12.1 Å². The van der Waals surface area contributed by atoms with E-state index in [4.69, 9.17) is 0 Å². The van der Waals surface area contributed by atoms with Crippen LogP contribution in [-0.2, 0) is 0 Å². The van der Waals surface area contributed by atoms with Crippen LogP contribution in [0.5, 0.6) is 11.5 Å². The third-order valence-electron chi connectivity index (χ3n) is 2.52. The third kappa shape index (κ3) is 1.27. The van der Waals surface area contributed by atoms with Crippen LogP contribution in [0.1, 0.15) is 0 Å². The maximum atomic E-state index is 9.65. The Kier molecular flexibility index (Phi) is 2.36. The van der Waals surface area contributed by atoms with Crippen LogP contribution in [0, 0.1) is 0 Å². The fourth-order valence-corrected chi connectivity index (χ4v) is 1.82. The molecule has 0 amide bonds. The molecule has 2 aromatic carbocycles. The highest BCUT2D eigenvalue weighted by atomic mass is 35.5. The predicted molar refractivity (Wildman–Crippen MR) is 66.3 cm³/mol. The van der Waals surface area contributed by atoms with Crippen molar-refractivity contribution in [1.82, 2.24) is 0 Å². The number of aliphatic imine (C=N–C) groups is 1. The molecule has 0 saturated carbocycles. The quantitative estimate of drug-likeness (QED) is 0.617. The summed E-state index contributed by atoms with van der Waals surface area (Å²) >= 11 is 0. The van der Waals surface area contributed by atoms with Gasteiger partial charge in [0.15, 0.2) is 0 Å². The Morgan fingerprint density at radius 3 is 2.44 bits per heavy atom. The molecular formula is C11H9ClN2O2. The van der Waals surface area contributed by atoms with Crippen molar-refractivity contribution in [3.63, 3.8) is 0 Å². The van der Waals surface area contributed by atoms with E-state index < -0.39 is 0 Å². The number of phenols is 2. The van der Waals surface area contributed by atoms with Gasteiger partial charge in [0.05, 0.1) is 12.0 Å². The summed E-state index contributed by atoms with van der Waals surface area (Å²) in [6, 6.07) is 6.80. The highest BCUT2D eigenvalue weighted by Crippen LogP contribution is 2.44. The molecule has 0 radical (unpaired) electrons. The van der Waals surface area contributed by atoms with Gasteiger partial charge >= 0.3 is 0 Å². The van der Waals surface area contributed by atoms with Crippen LogP contribution in [0.25, 0.3) is 10.8 Å². The van der Waals surface area contributed by atoms with Crippen molar-refractivity contribution in [2.75, 3.05) is 5.32 Å². The molecule has 3 N–H and O–H groups in total. The lowest BCUT2D eigenvalue weighted by molar-refractivity contribution is 0.476. The first kappa shape index (κ1) is 10.6. The maximum Gasteiger partial charge on any atom is 0.141 e. The van der Waals surface area contributed by atoms with Crippen LogP contribution in [0.2, 0.25) is 0 Å². The standard InChI is InChI=1S/C11H8N2O2.ClH/c14-7-3-1-6-2-4-8(15)11-9(6)10(7)12-5-13-11;/h1-5,14-15H,(H,12,13);1H. The second-order valence-corrected chi connectivity index (χ2v) is 3.39. The first-order valence-corrected chi connectivity index (χ1v) is 4.54. The molecule has 0 bridgehead atoms. The lowest BCUT2D eigenvalue weighted by Gasteiger charge is -2.15. The summed E-state index contributed by atoms with van der Waals surface area (Å²) in [5.41, 5.74) is 1.09. The van der Waals surface area contributed by atoms with E-state index in [1.807, 2.05) is 0 Å². The SMILES string of the molecule is Cl.Oc1ccc2ccc(O)c3c2c1N=CN3. The summed E-state index contributed by atoms with van der Waals surface area (Å²) in [7, 11) is 0. The number of nitrogens with one attached hydrogen (secondary N) is 1. The molecule has 1 aliphatic rings. The van der Waals surface area contributed by atoms with Gasteiger partial charge in [0.25, 0.3) is 0 Å². The molecule has 0 spiro atoms. The molecule has 5 heteroatoms. The predicted octanol–water partition coefficient (Wildman–Crippen LogP) is 2.76. The van der Waals surface area contributed by atoms with E-state index in [1.165, 1.54) is 6.34 Å². The number of phenolic OH excluding ortho intramolecular Hbond substituents is 2. The molecule has 0 aromatic heterocycles. The Morgan fingerprint density at radius 2 is 1.69 bits per heavy atom. The summed E-state index contributed by atoms with van der Waals surface area (Å²) < 4.78 is 0. The Morgan fingerprint density at radius 1 is 1.00 bits per heavy atom. The number of hydrogen-bond acceptors (Lipinski definition) is 4. The molecule has 0 fully saturated rings. The zero-order valence-electron chi connectivity index (χ0n) is 8.14. The second-order valence-electron chi connectivity index (χ2n) is 3.39. The average molecular weight is 237 g/mol. The van der Waals surface area contributed by atoms with E-state index in [9.17, 15) is 10.2 Å². The van der Waals surface area contributed by atoms with Crippen molar-refractivity contribution < 1.29 is 10.2 Å². The van der Waals surface area contributed by atoms with Crippen molar-refractivity contribution in [1.29, 1.82) is 0 Å². The molecule has 0 aliphatic carbocycles. The van der Waals surface area contributed by atoms with Crippen LogP contribution in [0.3, 0.4) is 0 Å². The van der Waals surface area contributed by atoms with Crippen LogP contribution in [0.15, 0.2) is 29.3 Å². The second kappa shape index (κ2) is 3.57. The molecule has 4 nitrogen and oxygen atoms in total. The highest BCUT2D eigenvalue weighted by Gasteiger charge is 2.15. The van der Waals surface area contributed by atoms with Crippen molar-refractivity contribution in [2.24, 2.45) is 4.99 Å². The van der Waals surface area contributed by atoms with Crippen molar-refractivity contribution in [3.8, 4) is 11.5 Å². The van der Waals surface area contributed by atoms with E-state index >= 15 is 0 Å². The number of rotatable bonds is 0. The van der Waals surface area contributed by atoms with Gasteiger partial charge in [-0.2, -0.15) is 0 Å². The Hall–Kier alpha value is -1.94. The minimum absolute atomic E-state index is 0. The monoisotopic (exact) mass is 236 g/mol. The Bertz CT molecular complexity index is 591. The summed E-state index contributed by atoms with van der Waals surface area (Å²) in [5.74, 6) is 0.271. The first-order chi connectivity index (χ1) is 7.27. The highest BCUT2D eigenvalue weighted by molar-refractivity contribution is 6.11.